The van der Waals surface area contributed by atoms with Crippen LogP contribution in [0.3, 0.4) is 0 Å². The summed E-state index contributed by atoms with van der Waals surface area (Å²) in [5.74, 6) is 0.175. The van der Waals surface area contributed by atoms with E-state index < -0.39 is 0 Å². The molecule has 1 N–H and O–H groups in total. The second-order valence-corrected chi connectivity index (χ2v) is 5.16. The maximum Gasteiger partial charge on any atom is 0.0521 e. The molecule has 1 aromatic heterocycles. The molecule has 2 aromatic rings. The summed E-state index contributed by atoms with van der Waals surface area (Å²) in [5, 5.41) is 14.6. The Bertz CT molecular complexity index is 524. The van der Waals surface area contributed by atoms with Crippen LogP contribution in [0.4, 0.5) is 0 Å². The van der Waals surface area contributed by atoms with Crippen LogP contribution in [0.1, 0.15) is 18.1 Å². The normalized spacial score (nSPS) is 12.6. The van der Waals surface area contributed by atoms with Crippen LogP contribution in [0.25, 0.3) is 0 Å². The van der Waals surface area contributed by atoms with Gasteiger partial charge in [-0.3, -0.25) is 4.68 Å². The summed E-state index contributed by atoms with van der Waals surface area (Å²) < 4.78 is 1.90. The highest BCUT2D eigenvalue weighted by Gasteiger charge is 2.12. The summed E-state index contributed by atoms with van der Waals surface area (Å²) in [6.07, 6.45) is 5.52. The van der Waals surface area contributed by atoms with Crippen molar-refractivity contribution in [2.45, 2.75) is 26.3 Å². The number of aromatic nitrogens is 2. The first kappa shape index (κ1) is 14.1. The Morgan fingerprint density at radius 2 is 2.11 bits per heavy atom. The predicted octanol–water partition coefficient (Wildman–Crippen LogP) is 2.95. The second kappa shape index (κ2) is 6.73. The lowest BCUT2D eigenvalue weighted by Crippen LogP contribution is -2.13. The maximum atomic E-state index is 9.53. The predicted molar refractivity (Wildman–Crippen MR) is 77.3 cm³/mol. The van der Waals surface area contributed by atoms with Crippen LogP contribution in [0.5, 0.6) is 0 Å². The molecule has 0 aliphatic carbocycles. The van der Waals surface area contributed by atoms with Gasteiger partial charge in [-0.1, -0.05) is 29.8 Å². The van der Waals surface area contributed by atoms with Crippen LogP contribution in [-0.2, 0) is 19.4 Å². The number of benzene rings is 1. The summed E-state index contributed by atoms with van der Waals surface area (Å²) in [4.78, 5) is 0. The molecule has 0 aliphatic heterocycles. The monoisotopic (exact) mass is 278 g/mol. The first-order valence-corrected chi connectivity index (χ1v) is 6.96. The molecule has 0 saturated heterocycles. The Balaban J connectivity index is 2.02. The number of rotatable bonds is 6. The third kappa shape index (κ3) is 3.82. The van der Waals surface area contributed by atoms with Crippen molar-refractivity contribution in [3.63, 3.8) is 0 Å². The SMILES string of the molecule is CCn1cc(CC(CO)Cc2ccccc2Cl)cn1. The van der Waals surface area contributed by atoms with Crippen LogP contribution >= 0.6 is 11.6 Å². The van der Waals surface area contributed by atoms with E-state index in [9.17, 15) is 5.11 Å². The molecule has 0 amide bonds. The zero-order valence-corrected chi connectivity index (χ0v) is 11.8. The van der Waals surface area contributed by atoms with Crippen LogP contribution in [-0.4, -0.2) is 21.5 Å². The molecule has 19 heavy (non-hydrogen) atoms. The number of aliphatic hydroxyl groups is 1. The van der Waals surface area contributed by atoms with Gasteiger partial charge in [-0.15, -0.1) is 0 Å². The van der Waals surface area contributed by atoms with Gasteiger partial charge < -0.3 is 5.11 Å². The molecule has 1 atom stereocenters. The molecule has 2 rings (SSSR count). The van der Waals surface area contributed by atoms with E-state index in [0.717, 1.165) is 35.5 Å². The fourth-order valence-electron chi connectivity index (χ4n) is 2.19. The van der Waals surface area contributed by atoms with Gasteiger partial charge in [0.05, 0.1) is 6.20 Å². The van der Waals surface area contributed by atoms with Crippen LogP contribution in [0.2, 0.25) is 5.02 Å². The number of hydrogen-bond acceptors (Lipinski definition) is 2. The average Bonchev–Trinajstić information content (AvgIpc) is 2.88. The molecular formula is C15H19ClN2O. The van der Waals surface area contributed by atoms with Gasteiger partial charge in [-0.2, -0.15) is 5.10 Å². The molecule has 3 nitrogen and oxygen atoms in total. The fraction of sp³-hybridized carbons (Fsp3) is 0.400. The van der Waals surface area contributed by atoms with E-state index in [1.54, 1.807) is 0 Å². The minimum absolute atomic E-state index is 0.155. The number of nitrogens with zero attached hydrogens (tertiary/aromatic N) is 2. The lowest BCUT2D eigenvalue weighted by Gasteiger charge is -2.14. The molecule has 0 fully saturated rings. The third-order valence-corrected chi connectivity index (χ3v) is 3.63. The van der Waals surface area contributed by atoms with Gasteiger partial charge in [0.2, 0.25) is 0 Å². The number of hydrogen-bond donors (Lipinski definition) is 1. The average molecular weight is 279 g/mol. The van der Waals surface area contributed by atoms with Crippen molar-refractivity contribution in [2.24, 2.45) is 5.92 Å². The highest BCUT2D eigenvalue weighted by Crippen LogP contribution is 2.20. The van der Waals surface area contributed by atoms with Gasteiger partial charge in [0, 0.05) is 24.4 Å². The lowest BCUT2D eigenvalue weighted by atomic mass is 9.94. The summed E-state index contributed by atoms with van der Waals surface area (Å²) >= 11 is 6.16. The van der Waals surface area contributed by atoms with E-state index >= 15 is 0 Å². The van der Waals surface area contributed by atoms with E-state index in [2.05, 4.69) is 12.0 Å². The van der Waals surface area contributed by atoms with E-state index in [0.29, 0.717) is 0 Å². The van der Waals surface area contributed by atoms with Crippen molar-refractivity contribution in [1.29, 1.82) is 0 Å². The summed E-state index contributed by atoms with van der Waals surface area (Å²) in [5.41, 5.74) is 2.25. The summed E-state index contributed by atoms with van der Waals surface area (Å²) in [7, 11) is 0. The molecule has 0 aliphatic rings. The molecular weight excluding hydrogens is 260 g/mol. The van der Waals surface area contributed by atoms with Gasteiger partial charge >= 0.3 is 0 Å². The lowest BCUT2D eigenvalue weighted by molar-refractivity contribution is 0.225. The van der Waals surface area contributed by atoms with Gasteiger partial charge in [0.1, 0.15) is 0 Å². The molecule has 1 heterocycles. The summed E-state index contributed by atoms with van der Waals surface area (Å²) in [6, 6.07) is 7.80. The Morgan fingerprint density at radius 3 is 2.74 bits per heavy atom. The largest absolute Gasteiger partial charge is 0.396 e. The first-order valence-electron chi connectivity index (χ1n) is 6.58. The van der Waals surface area contributed by atoms with Crippen LogP contribution in [0, 0.1) is 5.92 Å². The van der Waals surface area contributed by atoms with E-state index in [-0.39, 0.29) is 12.5 Å². The molecule has 1 aromatic carbocycles. The first-order chi connectivity index (χ1) is 9.22. The highest BCUT2D eigenvalue weighted by molar-refractivity contribution is 6.31. The smallest absolute Gasteiger partial charge is 0.0521 e. The van der Waals surface area contributed by atoms with E-state index in [4.69, 9.17) is 11.6 Å². The Kier molecular flexibility index (Phi) is 5.00. The third-order valence-electron chi connectivity index (χ3n) is 3.26. The molecule has 1 unspecified atom stereocenters. The van der Waals surface area contributed by atoms with Crippen molar-refractivity contribution in [1.82, 2.24) is 9.78 Å². The van der Waals surface area contributed by atoms with Crippen molar-refractivity contribution in [3.8, 4) is 0 Å². The molecule has 0 saturated carbocycles. The zero-order valence-electron chi connectivity index (χ0n) is 11.1. The standard InChI is InChI=1S/C15H19ClN2O/c1-2-18-10-13(9-17-18)7-12(11-19)8-14-5-3-4-6-15(14)16/h3-6,9-10,12,19H,2,7-8,11H2,1H3. The minimum Gasteiger partial charge on any atom is -0.396 e. The fourth-order valence-corrected chi connectivity index (χ4v) is 2.41. The summed E-state index contributed by atoms with van der Waals surface area (Å²) in [6.45, 7) is 3.08. The Labute approximate surface area is 118 Å². The van der Waals surface area contributed by atoms with Crippen LogP contribution in [0.15, 0.2) is 36.7 Å². The topological polar surface area (TPSA) is 38.0 Å². The quantitative estimate of drug-likeness (QED) is 0.882. The molecule has 0 spiro atoms. The number of aliphatic hydroxyl groups excluding tert-OH is 1. The Morgan fingerprint density at radius 1 is 1.32 bits per heavy atom. The van der Waals surface area contributed by atoms with Crippen molar-refractivity contribution in [2.75, 3.05) is 6.61 Å². The molecule has 0 radical (unpaired) electrons. The van der Waals surface area contributed by atoms with E-state index in [1.165, 1.54) is 0 Å². The minimum atomic E-state index is 0.155. The van der Waals surface area contributed by atoms with Crippen molar-refractivity contribution >= 4 is 11.6 Å². The van der Waals surface area contributed by atoms with Gasteiger partial charge in [-0.05, 0) is 42.9 Å². The highest BCUT2D eigenvalue weighted by atomic mass is 35.5. The number of aryl methyl sites for hydroxylation is 1. The van der Waals surface area contributed by atoms with Crippen molar-refractivity contribution < 1.29 is 5.11 Å². The number of halogens is 1. The molecule has 0 bridgehead atoms. The van der Waals surface area contributed by atoms with Crippen LogP contribution < -0.4 is 0 Å². The molecule has 4 heteroatoms. The van der Waals surface area contributed by atoms with Gasteiger partial charge in [0.15, 0.2) is 0 Å². The zero-order chi connectivity index (χ0) is 13.7. The van der Waals surface area contributed by atoms with E-state index in [1.807, 2.05) is 41.3 Å². The van der Waals surface area contributed by atoms with Gasteiger partial charge in [-0.25, -0.2) is 0 Å². The Hall–Kier alpha value is -1.32. The van der Waals surface area contributed by atoms with Crippen molar-refractivity contribution in [3.05, 3.63) is 52.8 Å². The van der Waals surface area contributed by atoms with Gasteiger partial charge in [0.25, 0.3) is 0 Å². The second-order valence-electron chi connectivity index (χ2n) is 4.75. The maximum absolute atomic E-state index is 9.53. The molecule has 102 valence electrons.